The van der Waals surface area contributed by atoms with Gasteiger partial charge in [-0.25, -0.2) is 4.39 Å². The second-order valence-corrected chi connectivity index (χ2v) is 4.83. The Hall–Kier alpha value is -2.27. The van der Waals surface area contributed by atoms with Gasteiger partial charge in [0.25, 0.3) is 0 Å². The van der Waals surface area contributed by atoms with E-state index in [0.717, 1.165) is 24.7 Å². The van der Waals surface area contributed by atoms with E-state index in [1.54, 1.807) is 12.1 Å². The summed E-state index contributed by atoms with van der Waals surface area (Å²) >= 11 is 0. The minimum absolute atomic E-state index is 0.0525. The molecule has 0 saturated carbocycles. The van der Waals surface area contributed by atoms with Gasteiger partial charge in [-0.1, -0.05) is 12.1 Å². The molecule has 0 aliphatic carbocycles. The molecule has 2 aromatic rings. The van der Waals surface area contributed by atoms with Gasteiger partial charge in [0.1, 0.15) is 17.3 Å². The molecule has 1 aliphatic heterocycles. The maximum atomic E-state index is 12.8. The van der Waals surface area contributed by atoms with Crippen molar-refractivity contribution in [3.05, 3.63) is 53.3 Å². The van der Waals surface area contributed by atoms with Crippen molar-refractivity contribution in [3.63, 3.8) is 0 Å². The molecule has 0 spiro atoms. The number of phenolic OH excluding ortho intramolecular Hbond substituents is 2. The van der Waals surface area contributed by atoms with E-state index in [0.29, 0.717) is 24.3 Å². The Morgan fingerprint density at radius 3 is 2.52 bits per heavy atom. The maximum absolute atomic E-state index is 12.8. The van der Waals surface area contributed by atoms with Crippen molar-refractivity contribution in [2.24, 2.45) is 5.73 Å². The van der Waals surface area contributed by atoms with Crippen molar-refractivity contribution in [1.29, 1.82) is 0 Å². The molecule has 21 heavy (non-hydrogen) atoms. The molecule has 0 bridgehead atoms. The summed E-state index contributed by atoms with van der Waals surface area (Å²) in [7, 11) is 0. The van der Waals surface area contributed by atoms with E-state index in [1.165, 1.54) is 17.7 Å². The Balaban J connectivity index is 0.000000154. The van der Waals surface area contributed by atoms with Crippen LogP contribution in [0.4, 0.5) is 10.1 Å². The van der Waals surface area contributed by atoms with Crippen LogP contribution < -0.4 is 11.1 Å². The van der Waals surface area contributed by atoms with Crippen molar-refractivity contribution < 1.29 is 14.6 Å². The number of rotatable bonds is 2. The fourth-order valence-corrected chi connectivity index (χ4v) is 2.17. The van der Waals surface area contributed by atoms with Gasteiger partial charge in [0.05, 0.1) is 0 Å². The van der Waals surface area contributed by atoms with Crippen LogP contribution in [0.2, 0.25) is 0 Å². The number of halogens is 1. The van der Waals surface area contributed by atoms with E-state index in [1.807, 2.05) is 6.07 Å². The number of aromatic hydroxyl groups is 2. The van der Waals surface area contributed by atoms with Crippen LogP contribution in [0.5, 0.6) is 11.5 Å². The van der Waals surface area contributed by atoms with Gasteiger partial charge < -0.3 is 21.3 Å². The Morgan fingerprint density at radius 1 is 1.10 bits per heavy atom. The van der Waals surface area contributed by atoms with Gasteiger partial charge in [-0.3, -0.25) is 0 Å². The highest BCUT2D eigenvalue weighted by molar-refractivity contribution is 5.58. The third-order valence-corrected chi connectivity index (χ3v) is 3.25. The van der Waals surface area contributed by atoms with E-state index in [9.17, 15) is 4.39 Å². The molecule has 5 heteroatoms. The van der Waals surface area contributed by atoms with Crippen molar-refractivity contribution >= 4 is 5.69 Å². The zero-order valence-corrected chi connectivity index (χ0v) is 11.6. The number of anilines is 1. The fourth-order valence-electron chi connectivity index (χ4n) is 2.17. The third kappa shape index (κ3) is 4.10. The van der Waals surface area contributed by atoms with Gasteiger partial charge >= 0.3 is 0 Å². The van der Waals surface area contributed by atoms with Crippen LogP contribution in [0.1, 0.15) is 11.1 Å². The van der Waals surface area contributed by atoms with Gasteiger partial charge in [-0.15, -0.1) is 0 Å². The Labute approximate surface area is 123 Å². The molecule has 0 saturated heterocycles. The number of hydrogen-bond acceptors (Lipinski definition) is 4. The molecule has 5 N–H and O–H groups in total. The van der Waals surface area contributed by atoms with Gasteiger partial charge in [-0.05, 0) is 42.6 Å². The first-order valence-corrected chi connectivity index (χ1v) is 6.83. The lowest BCUT2D eigenvalue weighted by molar-refractivity contribution is 0.467. The molecule has 1 heterocycles. The summed E-state index contributed by atoms with van der Waals surface area (Å²) in [6.45, 7) is 1.42. The first-order chi connectivity index (χ1) is 10.1. The zero-order valence-electron chi connectivity index (χ0n) is 11.6. The summed E-state index contributed by atoms with van der Waals surface area (Å²) in [5, 5.41) is 21.1. The second-order valence-electron chi connectivity index (χ2n) is 4.83. The van der Waals surface area contributed by atoms with Crippen LogP contribution >= 0.6 is 0 Å². The minimum Gasteiger partial charge on any atom is -0.508 e. The van der Waals surface area contributed by atoms with Crippen molar-refractivity contribution in [1.82, 2.24) is 0 Å². The number of fused-ring (bicyclic) bond motifs is 1. The predicted octanol–water partition coefficient (Wildman–Crippen LogP) is 2.39. The van der Waals surface area contributed by atoms with E-state index in [-0.39, 0.29) is 5.75 Å². The van der Waals surface area contributed by atoms with Crippen molar-refractivity contribution in [3.8, 4) is 11.5 Å². The van der Waals surface area contributed by atoms with E-state index >= 15 is 0 Å². The summed E-state index contributed by atoms with van der Waals surface area (Å²) in [6.07, 6.45) is 1.59. The average Bonchev–Trinajstić information content (AvgIpc) is 2.90. The van der Waals surface area contributed by atoms with Crippen LogP contribution in [0, 0.1) is 5.82 Å². The highest BCUT2D eigenvalue weighted by Crippen LogP contribution is 2.25. The molecule has 4 nitrogen and oxygen atoms in total. The summed E-state index contributed by atoms with van der Waals surface area (Å²) in [4.78, 5) is 0. The average molecular weight is 290 g/mol. The highest BCUT2D eigenvalue weighted by atomic mass is 19.1. The molecule has 2 aromatic carbocycles. The van der Waals surface area contributed by atoms with E-state index in [4.69, 9.17) is 15.9 Å². The second kappa shape index (κ2) is 6.95. The Kier molecular flexibility index (Phi) is 5.00. The normalized spacial score (nSPS) is 12.1. The summed E-state index contributed by atoms with van der Waals surface area (Å²) in [6, 6.07) is 9.54. The van der Waals surface area contributed by atoms with Gasteiger partial charge in [0, 0.05) is 24.4 Å². The van der Waals surface area contributed by atoms with Crippen LogP contribution in [0.15, 0.2) is 36.4 Å². The van der Waals surface area contributed by atoms with E-state index in [2.05, 4.69) is 5.32 Å². The van der Waals surface area contributed by atoms with Crippen LogP contribution in [-0.4, -0.2) is 23.3 Å². The number of phenols is 2. The molecule has 0 unspecified atom stereocenters. The fraction of sp³-hybridized carbons (Fsp3) is 0.250. The van der Waals surface area contributed by atoms with Crippen LogP contribution in [0.25, 0.3) is 0 Å². The molecule has 0 amide bonds. The maximum Gasteiger partial charge on any atom is 0.130 e. The summed E-state index contributed by atoms with van der Waals surface area (Å²) in [5.41, 5.74) is 8.17. The molecular formula is C16H19FN2O2. The smallest absolute Gasteiger partial charge is 0.130 e. The van der Waals surface area contributed by atoms with Gasteiger partial charge in [0.15, 0.2) is 0 Å². The zero-order chi connectivity index (χ0) is 15.2. The molecule has 0 atom stereocenters. The quantitative estimate of drug-likeness (QED) is 0.685. The Morgan fingerprint density at radius 2 is 1.81 bits per heavy atom. The highest BCUT2D eigenvalue weighted by Gasteiger charge is 2.08. The molecule has 3 rings (SSSR count). The van der Waals surface area contributed by atoms with E-state index < -0.39 is 5.82 Å². The number of nitrogens with two attached hydrogens (primary N) is 1. The lowest BCUT2D eigenvalue weighted by Crippen LogP contribution is -2.04. The number of benzene rings is 2. The standard InChI is InChI=1S/C8H10FNO.C8H9NO/c9-8-5-7(11)2-1-6(8)3-4-10;10-7-2-1-6-3-4-9-8(6)5-7/h1-2,5,11H,3-4,10H2;1-2,5,9-10H,3-4H2. The SMILES string of the molecule is NCCc1ccc(O)cc1F.Oc1ccc2c(c1)NCC2. The largest absolute Gasteiger partial charge is 0.508 e. The topological polar surface area (TPSA) is 78.5 Å². The van der Waals surface area contributed by atoms with Crippen LogP contribution in [0.3, 0.4) is 0 Å². The Bertz CT molecular complexity index is 617. The summed E-state index contributed by atoms with van der Waals surface area (Å²) in [5.74, 6) is -0.105. The number of hydrogen-bond donors (Lipinski definition) is 4. The number of nitrogens with one attached hydrogen (secondary N) is 1. The first kappa shape index (κ1) is 15.1. The molecule has 112 valence electrons. The van der Waals surface area contributed by atoms with Crippen molar-refractivity contribution in [2.45, 2.75) is 12.8 Å². The summed E-state index contributed by atoms with van der Waals surface area (Å²) < 4.78 is 12.8. The third-order valence-electron chi connectivity index (χ3n) is 3.25. The minimum atomic E-state index is -0.393. The predicted molar refractivity (Wildman–Crippen MR) is 81.1 cm³/mol. The molecular weight excluding hydrogens is 271 g/mol. The monoisotopic (exact) mass is 290 g/mol. The molecule has 0 aromatic heterocycles. The van der Waals surface area contributed by atoms with Crippen LogP contribution in [-0.2, 0) is 12.8 Å². The van der Waals surface area contributed by atoms with Crippen molar-refractivity contribution in [2.75, 3.05) is 18.4 Å². The molecule has 0 radical (unpaired) electrons. The lowest BCUT2D eigenvalue weighted by Gasteiger charge is -2.00. The molecule has 1 aliphatic rings. The molecule has 0 fully saturated rings. The lowest BCUT2D eigenvalue weighted by atomic mass is 10.1. The van der Waals surface area contributed by atoms with Gasteiger partial charge in [0.2, 0.25) is 0 Å². The van der Waals surface area contributed by atoms with Gasteiger partial charge in [-0.2, -0.15) is 0 Å². The first-order valence-electron chi connectivity index (χ1n) is 6.83.